The summed E-state index contributed by atoms with van der Waals surface area (Å²) >= 11 is 0. The monoisotopic (exact) mass is 1200 g/mol. The zero-order chi connectivity index (χ0) is 62.7. The molecule has 4 aliphatic heterocycles. The van der Waals surface area contributed by atoms with Gasteiger partial charge >= 0.3 is 29.7 Å². The van der Waals surface area contributed by atoms with Crippen LogP contribution in [0.5, 0.6) is 0 Å². The molecule has 2 amide bonds. The molecule has 23 nitrogen and oxygen atoms in total. The lowest BCUT2D eigenvalue weighted by molar-refractivity contribution is -0.0386. The van der Waals surface area contributed by atoms with E-state index in [1.165, 1.54) is 27.1 Å². The van der Waals surface area contributed by atoms with Crippen molar-refractivity contribution >= 4 is 18.3 Å². The van der Waals surface area contributed by atoms with Crippen molar-refractivity contribution in [3.05, 3.63) is 137 Å². The van der Waals surface area contributed by atoms with E-state index < -0.39 is 70.6 Å². The number of benzene rings is 2. The molecular weight excluding hydrogens is 1110 g/mol. The average molecular weight is 1200 g/mol. The number of piperidine rings is 2. The Hall–Kier alpha value is -6.63. The number of aromatic nitrogens is 4. The minimum absolute atomic E-state index is 0.0212. The zero-order valence-electron chi connectivity index (χ0n) is 52.1. The SMILES string of the molecule is CC(C)(C)OC(=O)N1CCCCC1CN(CCO)Cc1ccccc1.CC[C@H]1O[C@@H](n2cc(C)c(=O)[nH]c2=O)CC1O.CC[C@H]1O[C@@H](n2cc(C)c(=O)[nH]c2=O)CC1OC(=O)OCCN(Cc1ccccc1)CC1CCCCN1C(=O)OC(C)(C)C. The predicted molar refractivity (Wildman–Crippen MR) is 324 cm³/mol. The normalized spacial score (nSPS) is 22.3. The number of aromatic amines is 2. The number of nitrogens with zero attached hydrogens (tertiary/aromatic N) is 6. The maximum Gasteiger partial charge on any atom is 0.508 e. The van der Waals surface area contributed by atoms with Gasteiger partial charge < -0.3 is 48.4 Å². The first-order valence-electron chi connectivity index (χ1n) is 30.4. The van der Waals surface area contributed by atoms with Crippen LogP contribution in [0.15, 0.2) is 92.2 Å². The molecule has 4 N–H and O–H groups in total. The van der Waals surface area contributed by atoms with Gasteiger partial charge in [0.15, 0.2) is 0 Å². The van der Waals surface area contributed by atoms with Gasteiger partial charge in [0, 0.05) is 101 Å². The van der Waals surface area contributed by atoms with Gasteiger partial charge in [-0.25, -0.2) is 24.0 Å². The van der Waals surface area contributed by atoms with E-state index in [9.17, 15) is 43.8 Å². The standard InChI is InChI=1S/C32H46N4O8.C20H32N2O3.C11H16N2O4/c1-6-25-26(18-27(42-25)36-19-22(2)28(37)33-29(36)38)43-31(40)41-17-16-34(20-23-12-8-7-9-13-23)21-24-14-10-11-15-35(24)30(39)44-32(3,4)5;1-20(2,3)25-19(24)22-12-8-7-11-18(22)16-21(13-14-23)15-17-9-5-4-6-10-17;1-3-8-7(14)4-9(17-8)13-5-6(2)10(15)12-11(13)16/h7-9,12-13,19,24-27H,6,10-11,14-18,20-21H2,1-5H3,(H,33,37,38);4-6,9-10,18,23H,7-8,11-16H2,1-3H3;5,7-9,14H,3-4H2,1-2H3,(H,12,15,16)/t24?,25-,26?,27-;;7?,8-,9-/m1.1/s1. The van der Waals surface area contributed by atoms with Crippen LogP contribution in [0.25, 0.3) is 0 Å². The Morgan fingerprint density at radius 2 is 1.08 bits per heavy atom. The number of aryl methyl sites for hydroxylation is 2. The van der Waals surface area contributed by atoms with Crippen LogP contribution in [-0.4, -0.2) is 167 Å². The molecule has 0 spiro atoms. The van der Waals surface area contributed by atoms with Gasteiger partial charge in [0.2, 0.25) is 0 Å². The smallest absolute Gasteiger partial charge is 0.444 e. The van der Waals surface area contributed by atoms with Crippen molar-refractivity contribution in [2.24, 2.45) is 0 Å². The van der Waals surface area contributed by atoms with E-state index in [4.69, 9.17) is 28.4 Å². The van der Waals surface area contributed by atoms with E-state index in [0.29, 0.717) is 63.1 Å². The molecule has 4 aliphatic rings. The van der Waals surface area contributed by atoms with E-state index in [-0.39, 0.29) is 50.0 Å². The van der Waals surface area contributed by atoms with Gasteiger partial charge in [-0.3, -0.25) is 38.5 Å². The molecule has 6 heterocycles. The van der Waals surface area contributed by atoms with Crippen molar-refractivity contribution < 1.29 is 53.0 Å². The van der Waals surface area contributed by atoms with Crippen molar-refractivity contribution in [2.45, 2.75) is 207 Å². The van der Waals surface area contributed by atoms with Gasteiger partial charge in [-0.2, -0.15) is 0 Å². The van der Waals surface area contributed by atoms with Gasteiger partial charge in [0.25, 0.3) is 11.1 Å². The highest BCUT2D eigenvalue weighted by Crippen LogP contribution is 2.33. The van der Waals surface area contributed by atoms with E-state index in [2.05, 4.69) is 31.9 Å². The Kier molecular flexibility index (Phi) is 25.8. The average Bonchev–Trinajstić information content (AvgIpc) is 2.82. The second kappa shape index (κ2) is 32.4. The Balaban J connectivity index is 0.000000235. The summed E-state index contributed by atoms with van der Waals surface area (Å²) in [5, 5.41) is 19.1. The number of amides is 2. The number of carbonyl (C=O) groups excluding carboxylic acids is 3. The molecular formula is C63H94N8O15. The van der Waals surface area contributed by atoms with Crippen LogP contribution < -0.4 is 22.5 Å². The Labute approximate surface area is 504 Å². The van der Waals surface area contributed by atoms with Crippen LogP contribution in [-0.2, 0) is 41.5 Å². The minimum Gasteiger partial charge on any atom is -0.444 e. The molecule has 0 radical (unpaired) electrons. The summed E-state index contributed by atoms with van der Waals surface area (Å²) in [5.74, 6) is 0. The fraction of sp³-hybridized carbons (Fsp3) is 0.635. The fourth-order valence-electron chi connectivity index (χ4n) is 11.0. The first-order valence-corrected chi connectivity index (χ1v) is 30.4. The molecule has 0 bridgehead atoms. The summed E-state index contributed by atoms with van der Waals surface area (Å²) in [4.78, 5) is 97.9. The van der Waals surface area contributed by atoms with Crippen molar-refractivity contribution in [1.82, 2.24) is 38.7 Å². The van der Waals surface area contributed by atoms with Gasteiger partial charge in [-0.15, -0.1) is 0 Å². The van der Waals surface area contributed by atoms with Crippen molar-refractivity contribution in [3.8, 4) is 0 Å². The van der Waals surface area contributed by atoms with E-state index in [1.54, 1.807) is 13.8 Å². The number of aliphatic hydroxyl groups is 2. The quantitative estimate of drug-likeness (QED) is 0.0554. The van der Waals surface area contributed by atoms with Crippen LogP contribution in [0.1, 0.15) is 154 Å². The number of hydrogen-bond acceptors (Lipinski definition) is 17. The summed E-state index contributed by atoms with van der Waals surface area (Å²) in [5.41, 5.74) is 0.181. The number of ether oxygens (including phenoxy) is 6. The highest BCUT2D eigenvalue weighted by Gasteiger charge is 2.40. The fourth-order valence-corrected chi connectivity index (χ4v) is 11.0. The Bertz CT molecular complexity index is 3010. The number of aliphatic hydroxyl groups excluding tert-OH is 2. The summed E-state index contributed by atoms with van der Waals surface area (Å²) in [6, 6.07) is 20.4. The lowest BCUT2D eigenvalue weighted by Gasteiger charge is -2.39. The van der Waals surface area contributed by atoms with Crippen LogP contribution in [0.3, 0.4) is 0 Å². The third-order valence-electron chi connectivity index (χ3n) is 15.3. The molecule has 2 aromatic carbocycles. The van der Waals surface area contributed by atoms with Gasteiger partial charge in [-0.1, -0.05) is 74.5 Å². The van der Waals surface area contributed by atoms with E-state index in [1.807, 2.05) is 114 Å². The third-order valence-corrected chi connectivity index (χ3v) is 15.3. The van der Waals surface area contributed by atoms with Crippen molar-refractivity contribution in [2.75, 3.05) is 52.5 Å². The number of nitrogens with one attached hydrogen (secondary N) is 2. The highest BCUT2D eigenvalue weighted by atomic mass is 16.7. The predicted octanol–water partition coefficient (Wildman–Crippen LogP) is 7.53. The van der Waals surface area contributed by atoms with Crippen LogP contribution >= 0.6 is 0 Å². The van der Waals surface area contributed by atoms with Crippen LogP contribution in [0.2, 0.25) is 0 Å². The molecule has 4 fully saturated rings. The number of likely N-dealkylation sites (tertiary alicyclic amines) is 2. The Morgan fingerprint density at radius 1 is 0.640 bits per heavy atom. The largest absolute Gasteiger partial charge is 0.508 e. The molecule has 0 aliphatic carbocycles. The summed E-state index contributed by atoms with van der Waals surface area (Å²) < 4.78 is 36.7. The number of carbonyl (C=O) groups is 3. The molecule has 23 heteroatoms. The lowest BCUT2D eigenvalue weighted by Crippen LogP contribution is -2.51. The summed E-state index contributed by atoms with van der Waals surface area (Å²) in [6.45, 7) is 23.8. The molecule has 4 saturated heterocycles. The topological polar surface area (TPSA) is 270 Å². The third kappa shape index (κ3) is 21.1. The summed E-state index contributed by atoms with van der Waals surface area (Å²) in [7, 11) is 0. The van der Waals surface area contributed by atoms with Gasteiger partial charge in [-0.05, 0) is 118 Å². The molecule has 8 rings (SSSR count). The van der Waals surface area contributed by atoms with Crippen molar-refractivity contribution in [1.29, 1.82) is 0 Å². The first-order chi connectivity index (χ1) is 40.8. The number of H-pyrrole nitrogens is 2. The Morgan fingerprint density at radius 3 is 1.51 bits per heavy atom. The molecule has 4 unspecified atom stereocenters. The molecule has 8 atom stereocenters. The molecule has 86 heavy (non-hydrogen) atoms. The van der Waals surface area contributed by atoms with Crippen LogP contribution in [0.4, 0.5) is 14.4 Å². The van der Waals surface area contributed by atoms with Gasteiger partial charge in [0.1, 0.15) is 36.4 Å². The molecule has 4 aromatic rings. The highest BCUT2D eigenvalue weighted by molar-refractivity contribution is 5.69. The maximum absolute atomic E-state index is 13.0. The van der Waals surface area contributed by atoms with E-state index in [0.717, 1.165) is 63.7 Å². The van der Waals surface area contributed by atoms with E-state index >= 15 is 0 Å². The number of hydrogen-bond donors (Lipinski definition) is 4. The molecule has 476 valence electrons. The zero-order valence-corrected chi connectivity index (χ0v) is 52.1. The molecule has 0 saturated carbocycles. The van der Waals surface area contributed by atoms with Crippen molar-refractivity contribution in [3.63, 3.8) is 0 Å². The lowest BCUT2D eigenvalue weighted by atomic mass is 10.0. The summed E-state index contributed by atoms with van der Waals surface area (Å²) in [6.07, 6.45) is 6.39. The number of rotatable bonds is 18. The molecule has 2 aromatic heterocycles. The second-order valence-electron chi connectivity index (χ2n) is 24.6. The van der Waals surface area contributed by atoms with Crippen LogP contribution in [0, 0.1) is 13.8 Å². The second-order valence-corrected chi connectivity index (χ2v) is 24.6. The first kappa shape index (κ1) is 68.5. The maximum atomic E-state index is 13.0. The minimum atomic E-state index is -0.810. The van der Waals surface area contributed by atoms with Gasteiger partial charge in [0.05, 0.1) is 24.9 Å².